The quantitative estimate of drug-likeness (QED) is 0.789. The molecule has 0 bridgehead atoms. The van der Waals surface area contributed by atoms with Crippen LogP contribution in [0.15, 0.2) is 39.0 Å². The van der Waals surface area contributed by atoms with Crippen LogP contribution in [0, 0.1) is 0 Å². The molecule has 0 unspecified atom stereocenters. The van der Waals surface area contributed by atoms with Gasteiger partial charge in [-0.25, -0.2) is 4.21 Å². The molecular formula is C7H5ClF3NO3S2. The van der Waals surface area contributed by atoms with Gasteiger partial charge in [0.05, 0.1) is 4.90 Å². The zero-order chi connectivity index (χ0) is 13.3. The van der Waals surface area contributed by atoms with E-state index >= 15 is 0 Å². The van der Waals surface area contributed by atoms with E-state index in [0.29, 0.717) is 0 Å². The third kappa shape index (κ3) is 3.33. The SMILES string of the molecule is O=S(=O)(Cl)N=[S@@](=O)(c1ccccc1)C(F)(F)F. The molecule has 0 heterocycles. The number of alkyl halides is 3. The summed E-state index contributed by atoms with van der Waals surface area (Å²) in [6, 6.07) is 5.46. The van der Waals surface area contributed by atoms with Gasteiger partial charge < -0.3 is 0 Å². The number of hydrogen-bond donors (Lipinski definition) is 0. The molecule has 1 rings (SSSR count). The van der Waals surface area contributed by atoms with Crippen LogP contribution in [0.4, 0.5) is 13.2 Å². The van der Waals surface area contributed by atoms with Crippen molar-refractivity contribution >= 4 is 29.6 Å². The Bertz CT molecular complexity index is 618. The van der Waals surface area contributed by atoms with Gasteiger partial charge in [0.15, 0.2) is 9.73 Å². The first-order valence-corrected chi connectivity index (χ1v) is 7.69. The summed E-state index contributed by atoms with van der Waals surface area (Å²) in [7, 11) is -5.45. The molecule has 0 aliphatic heterocycles. The van der Waals surface area contributed by atoms with E-state index in [1.165, 1.54) is 18.2 Å². The predicted octanol–water partition coefficient (Wildman–Crippen LogP) is 2.52. The highest BCUT2D eigenvalue weighted by atomic mass is 35.7. The zero-order valence-corrected chi connectivity index (χ0v) is 10.3. The van der Waals surface area contributed by atoms with Crippen LogP contribution >= 0.6 is 10.7 Å². The Balaban J connectivity index is 3.67. The minimum absolute atomic E-state index is 0.767. The fourth-order valence-corrected chi connectivity index (χ4v) is 4.14. The molecular weight excluding hydrogens is 303 g/mol. The topological polar surface area (TPSA) is 63.6 Å². The van der Waals surface area contributed by atoms with Gasteiger partial charge in [0.25, 0.3) is 0 Å². The minimum Gasteiger partial charge on any atom is -0.235 e. The van der Waals surface area contributed by atoms with Crippen molar-refractivity contribution in [2.24, 2.45) is 3.77 Å². The molecule has 0 aromatic heterocycles. The van der Waals surface area contributed by atoms with Crippen LogP contribution in [0.3, 0.4) is 0 Å². The van der Waals surface area contributed by atoms with Gasteiger partial charge in [-0.15, -0.1) is 0 Å². The second-order valence-corrected chi connectivity index (χ2v) is 7.35. The van der Waals surface area contributed by atoms with Crippen LogP contribution in [-0.4, -0.2) is 18.1 Å². The van der Waals surface area contributed by atoms with Crippen LogP contribution in [0.1, 0.15) is 0 Å². The first kappa shape index (κ1) is 14.3. The molecule has 0 saturated heterocycles. The first-order chi connectivity index (χ1) is 7.56. The molecule has 0 fully saturated rings. The molecule has 0 spiro atoms. The monoisotopic (exact) mass is 307 g/mol. The molecule has 10 heteroatoms. The van der Waals surface area contributed by atoms with Gasteiger partial charge in [-0.05, 0) is 12.1 Å². The van der Waals surface area contributed by atoms with Gasteiger partial charge in [-0.2, -0.15) is 21.6 Å². The van der Waals surface area contributed by atoms with Crippen molar-refractivity contribution in [3.63, 3.8) is 0 Å². The second-order valence-electron chi connectivity index (χ2n) is 2.77. The molecule has 1 atom stereocenters. The summed E-state index contributed by atoms with van der Waals surface area (Å²) in [6.07, 6.45) is 0. The Morgan fingerprint density at radius 3 is 1.88 bits per heavy atom. The van der Waals surface area contributed by atoms with E-state index in [-0.39, 0.29) is 0 Å². The number of halogens is 4. The molecule has 0 aliphatic rings. The maximum absolute atomic E-state index is 12.6. The number of nitrogens with zero attached hydrogens (tertiary/aromatic N) is 1. The Morgan fingerprint density at radius 1 is 1.06 bits per heavy atom. The summed E-state index contributed by atoms with van der Waals surface area (Å²) >= 11 is 0. The summed E-state index contributed by atoms with van der Waals surface area (Å²) in [5.41, 5.74) is -5.34. The van der Waals surface area contributed by atoms with Crippen LogP contribution in [-0.2, 0) is 19.0 Å². The maximum Gasteiger partial charge on any atom is 0.484 e. The normalized spacial score (nSPS) is 16.2. The fraction of sp³-hybridized carbons (Fsp3) is 0.143. The number of rotatable bonds is 2. The van der Waals surface area contributed by atoms with Crippen LogP contribution in [0.2, 0.25) is 0 Å². The smallest absolute Gasteiger partial charge is 0.235 e. The van der Waals surface area contributed by atoms with E-state index in [1.807, 2.05) is 0 Å². The van der Waals surface area contributed by atoms with Gasteiger partial charge >= 0.3 is 14.7 Å². The lowest BCUT2D eigenvalue weighted by atomic mass is 10.4. The van der Waals surface area contributed by atoms with E-state index in [0.717, 1.165) is 12.1 Å². The van der Waals surface area contributed by atoms with Crippen molar-refractivity contribution in [2.45, 2.75) is 10.4 Å². The lowest BCUT2D eigenvalue weighted by Gasteiger charge is -2.12. The van der Waals surface area contributed by atoms with Crippen molar-refractivity contribution in [1.29, 1.82) is 0 Å². The molecule has 0 saturated carbocycles. The Labute approximate surface area is 100 Å². The van der Waals surface area contributed by atoms with Crippen molar-refractivity contribution in [3.05, 3.63) is 30.3 Å². The minimum atomic E-state index is -5.34. The highest BCUT2D eigenvalue weighted by Gasteiger charge is 2.46. The van der Waals surface area contributed by atoms with E-state index in [2.05, 4.69) is 14.5 Å². The van der Waals surface area contributed by atoms with Crippen molar-refractivity contribution < 1.29 is 25.8 Å². The van der Waals surface area contributed by atoms with Crippen molar-refractivity contribution in [3.8, 4) is 0 Å². The Kier molecular flexibility index (Phi) is 3.75. The van der Waals surface area contributed by atoms with Gasteiger partial charge in [0.1, 0.15) is 0 Å². The molecule has 1 aromatic carbocycles. The lowest BCUT2D eigenvalue weighted by molar-refractivity contribution is -0.0401. The molecule has 0 N–H and O–H groups in total. The first-order valence-electron chi connectivity index (χ1n) is 3.91. The fourth-order valence-electron chi connectivity index (χ4n) is 0.949. The average Bonchev–Trinajstić information content (AvgIpc) is 2.14. The molecule has 0 amide bonds. The van der Waals surface area contributed by atoms with E-state index in [1.54, 1.807) is 0 Å². The summed E-state index contributed by atoms with van der Waals surface area (Å²) in [5.74, 6) is 0. The van der Waals surface area contributed by atoms with Crippen LogP contribution in [0.25, 0.3) is 0 Å². The molecule has 17 heavy (non-hydrogen) atoms. The van der Waals surface area contributed by atoms with Crippen molar-refractivity contribution in [2.75, 3.05) is 0 Å². The van der Waals surface area contributed by atoms with Crippen molar-refractivity contribution in [1.82, 2.24) is 0 Å². The van der Waals surface area contributed by atoms with Gasteiger partial charge in [-0.1, -0.05) is 22.0 Å². The number of hydrogen-bond acceptors (Lipinski definition) is 3. The molecule has 96 valence electrons. The summed E-state index contributed by atoms with van der Waals surface area (Å²) < 4.78 is 72.9. The third-order valence-corrected chi connectivity index (χ3v) is 5.17. The average molecular weight is 308 g/mol. The zero-order valence-electron chi connectivity index (χ0n) is 7.89. The Morgan fingerprint density at radius 2 is 1.53 bits per heavy atom. The summed E-state index contributed by atoms with van der Waals surface area (Å²) in [4.78, 5) is -0.767. The van der Waals surface area contributed by atoms with E-state index in [4.69, 9.17) is 0 Å². The standard InChI is InChI=1S/C7H5ClF3NO3S2/c8-17(14,15)12-16(13,7(9,10)11)6-4-2-1-3-5-6/h1-5H/t16-/m1/s1. The Hall–Kier alpha value is -0.800. The van der Waals surface area contributed by atoms with Gasteiger partial charge in [0, 0.05) is 10.7 Å². The van der Waals surface area contributed by atoms with Gasteiger partial charge in [0.2, 0.25) is 0 Å². The molecule has 4 nitrogen and oxygen atoms in total. The highest BCUT2D eigenvalue weighted by molar-refractivity contribution is 8.17. The lowest BCUT2D eigenvalue weighted by Crippen LogP contribution is -2.23. The van der Waals surface area contributed by atoms with Crippen LogP contribution < -0.4 is 0 Å². The molecule has 0 radical (unpaired) electrons. The third-order valence-electron chi connectivity index (χ3n) is 1.57. The second kappa shape index (κ2) is 4.46. The summed E-state index contributed by atoms with van der Waals surface area (Å²) in [5, 5.41) is 0. The van der Waals surface area contributed by atoms with Gasteiger partial charge in [-0.3, -0.25) is 0 Å². The maximum atomic E-state index is 12.6. The molecule has 1 aromatic rings. The predicted molar refractivity (Wildman–Crippen MR) is 56.1 cm³/mol. The largest absolute Gasteiger partial charge is 0.484 e. The summed E-state index contributed by atoms with van der Waals surface area (Å²) in [6.45, 7) is 0. The van der Waals surface area contributed by atoms with E-state index < -0.39 is 29.4 Å². The highest BCUT2D eigenvalue weighted by Crippen LogP contribution is 2.33. The van der Waals surface area contributed by atoms with E-state index in [9.17, 15) is 25.8 Å². The molecule has 0 aliphatic carbocycles. The number of benzene rings is 1. The van der Waals surface area contributed by atoms with Crippen LogP contribution in [0.5, 0.6) is 0 Å².